The first-order valence-electron chi connectivity index (χ1n) is 17.3. The van der Waals surface area contributed by atoms with Crippen molar-refractivity contribution in [1.82, 2.24) is 20.1 Å². The Bertz CT molecular complexity index is 2020. The Hall–Kier alpha value is -4.01. The third-order valence-corrected chi connectivity index (χ3v) is 12.2. The van der Waals surface area contributed by atoms with Gasteiger partial charge in [0.2, 0.25) is 0 Å². The summed E-state index contributed by atoms with van der Waals surface area (Å²) in [4.78, 5) is 23.5. The zero-order chi connectivity index (χ0) is 37.4. The molecule has 2 saturated heterocycles. The lowest BCUT2D eigenvalue weighted by Crippen LogP contribution is -2.44. The quantitative estimate of drug-likeness (QED) is 0.174. The predicted molar refractivity (Wildman–Crippen MR) is 186 cm³/mol. The molecule has 0 bridgehead atoms. The molecule has 6 rings (SSSR count). The number of rotatable bonds is 9. The standard InChI is InChI=1S/C38H40F6N4O3S/c1-24(2)52(50,51)29-13-14-32-30(22-29)33(36(49)46-35(38(42,43)44)25-9-4-3-5-10-25)31(23-47-19-15-28(16-20-47)48-17-6-7-18-48)34(45-32)26-11-8-12-27(21-26)37(39,40)41/h3-5,8-14,21-22,24,28,35H,6-7,15-20,23H2,1-2H3,(H,46,49)/t35-/m1/s1. The van der Waals surface area contributed by atoms with Crippen molar-refractivity contribution < 1.29 is 39.6 Å². The number of nitrogens with one attached hydrogen (secondary N) is 1. The van der Waals surface area contributed by atoms with Gasteiger partial charge in [-0.3, -0.25) is 9.69 Å². The van der Waals surface area contributed by atoms with Gasteiger partial charge in [-0.2, -0.15) is 26.3 Å². The van der Waals surface area contributed by atoms with Crippen LogP contribution in [0.25, 0.3) is 22.2 Å². The molecule has 2 aliphatic heterocycles. The van der Waals surface area contributed by atoms with Gasteiger partial charge in [0.15, 0.2) is 15.9 Å². The van der Waals surface area contributed by atoms with Gasteiger partial charge in [-0.15, -0.1) is 0 Å². The Kier molecular flexibility index (Phi) is 10.7. The van der Waals surface area contributed by atoms with E-state index in [0.717, 1.165) is 50.9 Å². The minimum absolute atomic E-state index is 0.00634. The molecule has 4 aromatic rings. The molecule has 14 heteroatoms. The highest BCUT2D eigenvalue weighted by Crippen LogP contribution is 2.39. The third kappa shape index (κ3) is 7.98. The summed E-state index contributed by atoms with van der Waals surface area (Å²) in [6, 6.07) is 13.0. The summed E-state index contributed by atoms with van der Waals surface area (Å²) in [5.74, 6) is -1.16. The summed E-state index contributed by atoms with van der Waals surface area (Å²) in [5, 5.41) is 1.27. The number of piperidine rings is 1. The Labute approximate surface area is 298 Å². The lowest BCUT2D eigenvalue weighted by molar-refractivity contribution is -0.155. The lowest BCUT2D eigenvalue weighted by Gasteiger charge is -2.37. The molecule has 0 spiro atoms. The third-order valence-electron chi connectivity index (χ3n) is 10.0. The van der Waals surface area contributed by atoms with Gasteiger partial charge in [0.25, 0.3) is 5.91 Å². The van der Waals surface area contributed by atoms with Crippen molar-refractivity contribution in [3.63, 3.8) is 0 Å². The molecule has 1 aromatic heterocycles. The van der Waals surface area contributed by atoms with Gasteiger partial charge < -0.3 is 10.2 Å². The maximum absolute atomic E-state index is 14.6. The zero-order valence-electron chi connectivity index (χ0n) is 28.8. The fraction of sp³-hybridized carbons (Fsp3) is 0.421. The number of likely N-dealkylation sites (tertiary alicyclic amines) is 2. The van der Waals surface area contributed by atoms with Crippen molar-refractivity contribution in [2.24, 2.45) is 0 Å². The fourth-order valence-corrected chi connectivity index (χ4v) is 8.29. The van der Waals surface area contributed by atoms with Crippen LogP contribution in [0.1, 0.15) is 72.6 Å². The minimum Gasteiger partial charge on any atom is -0.337 e. The van der Waals surface area contributed by atoms with Gasteiger partial charge in [-0.1, -0.05) is 42.5 Å². The summed E-state index contributed by atoms with van der Waals surface area (Å²) in [6.07, 6.45) is -5.80. The van der Waals surface area contributed by atoms with Crippen LogP contribution in [0.5, 0.6) is 0 Å². The van der Waals surface area contributed by atoms with Gasteiger partial charge in [0.05, 0.1) is 32.5 Å². The van der Waals surface area contributed by atoms with Crippen LogP contribution in [-0.2, 0) is 22.6 Å². The summed E-state index contributed by atoms with van der Waals surface area (Å²) >= 11 is 0. The SMILES string of the molecule is CC(C)S(=O)(=O)c1ccc2nc(-c3cccc(C(F)(F)F)c3)c(CN3CCC(N4CCCC4)CC3)c(C(=O)N[C@H](c3ccccc3)C(F)(F)F)c2c1. The molecular weight excluding hydrogens is 706 g/mol. The monoisotopic (exact) mass is 746 g/mol. The van der Waals surface area contributed by atoms with Crippen LogP contribution in [-0.4, -0.2) is 72.8 Å². The van der Waals surface area contributed by atoms with Gasteiger partial charge in [0.1, 0.15) is 0 Å². The topological polar surface area (TPSA) is 82.6 Å². The average Bonchev–Trinajstić information content (AvgIpc) is 3.65. The smallest absolute Gasteiger partial charge is 0.337 e. The van der Waals surface area contributed by atoms with E-state index in [1.165, 1.54) is 74.5 Å². The van der Waals surface area contributed by atoms with E-state index in [2.05, 4.69) is 10.2 Å². The minimum atomic E-state index is -4.92. The van der Waals surface area contributed by atoms with Gasteiger partial charge in [-0.05, 0) is 102 Å². The number of sulfone groups is 1. The molecule has 0 saturated carbocycles. The number of halogens is 6. The van der Waals surface area contributed by atoms with Crippen LogP contribution in [0.3, 0.4) is 0 Å². The lowest BCUT2D eigenvalue weighted by atomic mass is 9.93. The number of alkyl halides is 6. The van der Waals surface area contributed by atoms with Crippen molar-refractivity contribution in [2.45, 2.75) is 80.7 Å². The van der Waals surface area contributed by atoms with E-state index in [4.69, 9.17) is 4.98 Å². The first-order valence-corrected chi connectivity index (χ1v) is 18.9. The molecule has 0 aliphatic carbocycles. The normalized spacial score (nSPS) is 17.6. The van der Waals surface area contributed by atoms with E-state index in [-0.39, 0.29) is 50.3 Å². The second-order valence-corrected chi connectivity index (χ2v) is 16.3. The number of pyridine rings is 1. The van der Waals surface area contributed by atoms with Crippen molar-refractivity contribution >= 4 is 26.6 Å². The Morgan fingerprint density at radius 1 is 0.885 bits per heavy atom. The average molecular weight is 747 g/mol. The molecule has 1 amide bonds. The van der Waals surface area contributed by atoms with Crippen LogP contribution in [0.15, 0.2) is 77.7 Å². The fourth-order valence-electron chi connectivity index (χ4n) is 7.20. The van der Waals surface area contributed by atoms with Crippen molar-refractivity contribution in [3.05, 3.63) is 95.1 Å². The summed E-state index contributed by atoms with van der Waals surface area (Å²) < 4.78 is 112. The van der Waals surface area contributed by atoms with E-state index in [9.17, 15) is 39.6 Å². The first kappa shape index (κ1) is 37.7. The number of carbonyl (C=O) groups excluding carboxylic acids is 1. The highest BCUT2D eigenvalue weighted by atomic mass is 32.2. The van der Waals surface area contributed by atoms with Gasteiger partial charge in [-0.25, -0.2) is 13.4 Å². The maximum Gasteiger partial charge on any atom is 0.416 e. The number of benzene rings is 3. The van der Waals surface area contributed by atoms with Crippen LogP contribution in [0.4, 0.5) is 26.3 Å². The van der Waals surface area contributed by atoms with Crippen LogP contribution < -0.4 is 5.32 Å². The second-order valence-electron chi connectivity index (χ2n) is 13.8. The number of aromatic nitrogens is 1. The predicted octanol–water partition coefficient (Wildman–Crippen LogP) is 8.20. The number of hydrogen-bond acceptors (Lipinski definition) is 6. The first-order chi connectivity index (χ1) is 24.5. The van der Waals surface area contributed by atoms with Crippen molar-refractivity contribution in [3.8, 4) is 11.3 Å². The number of nitrogens with zero attached hydrogens (tertiary/aromatic N) is 3. The molecule has 3 heterocycles. The van der Waals surface area contributed by atoms with E-state index in [1.807, 2.05) is 4.90 Å². The van der Waals surface area contributed by atoms with Gasteiger partial charge in [0, 0.05) is 29.1 Å². The van der Waals surface area contributed by atoms with E-state index in [1.54, 1.807) is 0 Å². The van der Waals surface area contributed by atoms with Crippen molar-refractivity contribution in [1.29, 1.82) is 0 Å². The Morgan fingerprint density at radius 3 is 2.17 bits per heavy atom. The van der Waals surface area contributed by atoms with Crippen LogP contribution in [0.2, 0.25) is 0 Å². The zero-order valence-corrected chi connectivity index (χ0v) is 29.6. The van der Waals surface area contributed by atoms with Crippen LogP contribution >= 0.6 is 0 Å². The number of amides is 1. The summed E-state index contributed by atoms with van der Waals surface area (Å²) in [5.41, 5.74) is -1.31. The molecule has 7 nitrogen and oxygen atoms in total. The molecule has 1 atom stereocenters. The highest BCUT2D eigenvalue weighted by molar-refractivity contribution is 7.92. The number of fused-ring (bicyclic) bond motifs is 1. The van der Waals surface area contributed by atoms with Gasteiger partial charge >= 0.3 is 12.4 Å². The van der Waals surface area contributed by atoms with E-state index < -0.39 is 45.0 Å². The molecule has 3 aromatic carbocycles. The summed E-state index contributed by atoms with van der Waals surface area (Å²) in [6.45, 7) is 6.09. The molecular formula is C38H40F6N4O3S. The Morgan fingerprint density at radius 2 is 1.56 bits per heavy atom. The molecule has 278 valence electrons. The number of hydrogen-bond donors (Lipinski definition) is 1. The molecule has 2 fully saturated rings. The highest BCUT2D eigenvalue weighted by Gasteiger charge is 2.43. The largest absolute Gasteiger partial charge is 0.416 e. The van der Waals surface area contributed by atoms with Crippen LogP contribution in [0, 0.1) is 0 Å². The van der Waals surface area contributed by atoms with E-state index in [0.29, 0.717) is 19.1 Å². The Balaban J connectivity index is 1.56. The molecule has 52 heavy (non-hydrogen) atoms. The summed E-state index contributed by atoms with van der Waals surface area (Å²) in [7, 11) is -3.92. The van der Waals surface area contributed by atoms with E-state index >= 15 is 0 Å². The maximum atomic E-state index is 14.6. The molecule has 0 unspecified atom stereocenters. The molecule has 0 radical (unpaired) electrons. The molecule has 1 N–H and O–H groups in total. The number of carbonyl (C=O) groups is 1. The molecule has 2 aliphatic rings. The van der Waals surface area contributed by atoms with Crippen molar-refractivity contribution in [2.75, 3.05) is 26.2 Å². The second kappa shape index (κ2) is 14.8.